The minimum atomic E-state index is -4.38. The highest BCUT2D eigenvalue weighted by molar-refractivity contribution is 6.30. The summed E-state index contributed by atoms with van der Waals surface area (Å²) in [5.74, 6) is -0.693. The second kappa shape index (κ2) is 6.61. The molecule has 100 valence electrons. The van der Waals surface area contributed by atoms with Crippen LogP contribution in [0.1, 0.15) is 5.56 Å². The molecule has 2 N–H and O–H groups in total. The summed E-state index contributed by atoms with van der Waals surface area (Å²) >= 11 is 5.69. The molecule has 0 bridgehead atoms. The molecule has 1 aromatic rings. The molecule has 3 nitrogen and oxygen atoms in total. The molecule has 0 unspecified atom stereocenters. The molecule has 18 heavy (non-hydrogen) atoms. The predicted octanol–water partition coefficient (Wildman–Crippen LogP) is 2.11. The zero-order valence-electron chi connectivity index (χ0n) is 9.35. The van der Waals surface area contributed by atoms with E-state index >= 15 is 0 Å². The molecule has 0 aliphatic heterocycles. The summed E-state index contributed by atoms with van der Waals surface area (Å²) in [5, 5.41) is 5.10. The molecule has 0 aromatic heterocycles. The largest absolute Gasteiger partial charge is 0.405 e. The van der Waals surface area contributed by atoms with E-state index in [1.807, 2.05) is 0 Å². The van der Waals surface area contributed by atoms with Crippen LogP contribution in [0.25, 0.3) is 0 Å². The van der Waals surface area contributed by atoms with Crippen molar-refractivity contribution in [3.8, 4) is 0 Å². The van der Waals surface area contributed by atoms with Gasteiger partial charge in [-0.3, -0.25) is 4.79 Å². The van der Waals surface area contributed by atoms with Crippen molar-refractivity contribution < 1.29 is 18.0 Å². The molecule has 0 saturated carbocycles. The molecule has 1 rings (SSSR count). The van der Waals surface area contributed by atoms with E-state index in [1.165, 1.54) is 0 Å². The summed E-state index contributed by atoms with van der Waals surface area (Å²) in [6, 6.07) is 6.93. The number of halogens is 4. The molecule has 1 aromatic carbocycles. The highest BCUT2D eigenvalue weighted by Crippen LogP contribution is 2.12. The Balaban J connectivity index is 2.21. The molecule has 0 heterocycles. The molecule has 7 heteroatoms. The molecule has 0 spiro atoms. The molecule has 0 radical (unpaired) electrons. The lowest BCUT2D eigenvalue weighted by molar-refractivity contribution is -0.137. The van der Waals surface area contributed by atoms with E-state index < -0.39 is 18.6 Å². The van der Waals surface area contributed by atoms with Gasteiger partial charge in [0.05, 0.1) is 6.54 Å². The van der Waals surface area contributed by atoms with Crippen molar-refractivity contribution in [1.82, 2.24) is 10.6 Å². The van der Waals surface area contributed by atoms with E-state index in [-0.39, 0.29) is 6.54 Å². The minimum Gasteiger partial charge on any atom is -0.346 e. The normalized spacial score (nSPS) is 11.3. The van der Waals surface area contributed by atoms with Gasteiger partial charge in [-0.2, -0.15) is 13.2 Å². The van der Waals surface area contributed by atoms with Gasteiger partial charge in [0.15, 0.2) is 0 Å². The first-order valence-corrected chi connectivity index (χ1v) is 5.53. The number of rotatable bonds is 5. The Morgan fingerprint density at radius 3 is 2.39 bits per heavy atom. The Labute approximate surface area is 107 Å². The molecule has 0 fully saturated rings. The monoisotopic (exact) mass is 280 g/mol. The quantitative estimate of drug-likeness (QED) is 0.867. The van der Waals surface area contributed by atoms with Gasteiger partial charge in [0.1, 0.15) is 6.54 Å². The summed E-state index contributed by atoms with van der Waals surface area (Å²) in [6.07, 6.45) is -4.38. The lowest BCUT2D eigenvalue weighted by Gasteiger charge is -2.09. The molecular formula is C11H12ClF3N2O. The van der Waals surface area contributed by atoms with Crippen LogP contribution in [0.15, 0.2) is 24.3 Å². The maximum absolute atomic E-state index is 11.8. The van der Waals surface area contributed by atoms with Gasteiger partial charge in [0, 0.05) is 11.6 Å². The highest BCUT2D eigenvalue weighted by atomic mass is 35.5. The third-order valence-corrected chi connectivity index (χ3v) is 2.27. The van der Waals surface area contributed by atoms with Crippen molar-refractivity contribution in [3.05, 3.63) is 34.9 Å². The van der Waals surface area contributed by atoms with E-state index in [1.54, 1.807) is 29.6 Å². The zero-order chi connectivity index (χ0) is 13.6. The van der Waals surface area contributed by atoms with Gasteiger partial charge in [0.2, 0.25) is 5.91 Å². The number of hydrogen-bond donors (Lipinski definition) is 2. The number of nitrogens with one attached hydrogen (secondary N) is 2. The second-order valence-corrected chi connectivity index (χ2v) is 4.06. The van der Waals surface area contributed by atoms with Gasteiger partial charge in [0.25, 0.3) is 0 Å². The molecular weight excluding hydrogens is 269 g/mol. The highest BCUT2D eigenvalue weighted by Gasteiger charge is 2.27. The third-order valence-electron chi connectivity index (χ3n) is 2.01. The third kappa shape index (κ3) is 6.46. The Bertz CT molecular complexity index is 392. The van der Waals surface area contributed by atoms with Crippen molar-refractivity contribution in [2.75, 3.05) is 13.1 Å². The lowest BCUT2D eigenvalue weighted by Crippen LogP contribution is -2.39. The van der Waals surface area contributed by atoms with Gasteiger partial charge in [-0.25, -0.2) is 0 Å². The van der Waals surface area contributed by atoms with Gasteiger partial charge in [-0.1, -0.05) is 23.7 Å². The predicted molar refractivity (Wildman–Crippen MR) is 62.2 cm³/mol. The smallest absolute Gasteiger partial charge is 0.346 e. The van der Waals surface area contributed by atoms with Gasteiger partial charge >= 0.3 is 6.18 Å². The van der Waals surface area contributed by atoms with Crippen LogP contribution in [0.2, 0.25) is 5.02 Å². The first-order valence-electron chi connectivity index (χ1n) is 5.15. The summed E-state index contributed by atoms with van der Waals surface area (Å²) in [4.78, 5) is 11.0. The second-order valence-electron chi connectivity index (χ2n) is 3.62. The van der Waals surface area contributed by atoms with E-state index in [0.717, 1.165) is 5.56 Å². The summed E-state index contributed by atoms with van der Waals surface area (Å²) < 4.78 is 35.4. The maximum atomic E-state index is 11.8. The summed E-state index contributed by atoms with van der Waals surface area (Å²) in [6.45, 7) is -1.09. The van der Waals surface area contributed by atoms with E-state index in [9.17, 15) is 18.0 Å². The van der Waals surface area contributed by atoms with Gasteiger partial charge in [-0.15, -0.1) is 0 Å². The number of alkyl halides is 3. The van der Waals surface area contributed by atoms with Crippen LogP contribution < -0.4 is 10.6 Å². The Kier molecular flexibility index (Phi) is 5.43. The van der Waals surface area contributed by atoms with E-state index in [2.05, 4.69) is 5.32 Å². The first kappa shape index (κ1) is 14.8. The van der Waals surface area contributed by atoms with Gasteiger partial charge in [-0.05, 0) is 17.7 Å². The number of hydrogen-bond acceptors (Lipinski definition) is 2. The number of amides is 1. The summed E-state index contributed by atoms with van der Waals surface area (Å²) in [5.41, 5.74) is 0.892. The standard InChI is InChI=1S/C11H12ClF3N2O/c12-9-3-1-8(2-4-9)5-16-6-10(18)17-7-11(13,14)15/h1-4,16H,5-7H2,(H,17,18). The van der Waals surface area contributed by atoms with E-state index in [0.29, 0.717) is 11.6 Å². The zero-order valence-corrected chi connectivity index (χ0v) is 10.1. The van der Waals surface area contributed by atoms with Crippen LogP contribution in [0.5, 0.6) is 0 Å². The molecule has 0 aliphatic carbocycles. The SMILES string of the molecule is O=C(CNCc1ccc(Cl)cc1)NCC(F)(F)F. The van der Waals surface area contributed by atoms with Crippen LogP contribution in [0.4, 0.5) is 13.2 Å². The average molecular weight is 281 g/mol. The maximum Gasteiger partial charge on any atom is 0.405 e. The fraction of sp³-hybridized carbons (Fsp3) is 0.364. The molecule has 0 aliphatic rings. The summed E-state index contributed by atoms with van der Waals surface area (Å²) in [7, 11) is 0. The van der Waals surface area contributed by atoms with Crippen LogP contribution in [-0.2, 0) is 11.3 Å². The fourth-order valence-electron chi connectivity index (χ4n) is 1.18. The number of carbonyl (C=O) groups excluding carboxylic acids is 1. The van der Waals surface area contributed by atoms with Crippen LogP contribution in [0.3, 0.4) is 0 Å². The lowest BCUT2D eigenvalue weighted by atomic mass is 10.2. The minimum absolute atomic E-state index is 0.168. The first-order chi connectivity index (χ1) is 8.37. The average Bonchev–Trinajstić information content (AvgIpc) is 2.28. The Morgan fingerprint density at radius 2 is 1.83 bits per heavy atom. The van der Waals surface area contributed by atoms with Crippen LogP contribution in [0, 0.1) is 0 Å². The van der Waals surface area contributed by atoms with Crippen LogP contribution in [-0.4, -0.2) is 25.2 Å². The molecule has 1 amide bonds. The van der Waals surface area contributed by atoms with Crippen molar-refractivity contribution in [2.24, 2.45) is 0 Å². The fourth-order valence-corrected chi connectivity index (χ4v) is 1.31. The van der Waals surface area contributed by atoms with Crippen molar-refractivity contribution in [2.45, 2.75) is 12.7 Å². The van der Waals surface area contributed by atoms with E-state index in [4.69, 9.17) is 11.6 Å². The number of benzene rings is 1. The Hall–Kier alpha value is -1.27. The van der Waals surface area contributed by atoms with Crippen molar-refractivity contribution >= 4 is 17.5 Å². The van der Waals surface area contributed by atoms with Crippen molar-refractivity contribution in [3.63, 3.8) is 0 Å². The molecule has 0 atom stereocenters. The Morgan fingerprint density at radius 1 is 1.22 bits per heavy atom. The van der Waals surface area contributed by atoms with Crippen LogP contribution >= 0.6 is 11.6 Å². The topological polar surface area (TPSA) is 41.1 Å². The van der Waals surface area contributed by atoms with Gasteiger partial charge < -0.3 is 10.6 Å². The molecule has 0 saturated heterocycles. The van der Waals surface area contributed by atoms with Crippen molar-refractivity contribution in [1.29, 1.82) is 0 Å². The number of carbonyl (C=O) groups is 1.